The summed E-state index contributed by atoms with van der Waals surface area (Å²) < 4.78 is 0. The Morgan fingerprint density at radius 2 is 1.89 bits per heavy atom. The van der Waals surface area contributed by atoms with Gasteiger partial charge in [-0.25, -0.2) is 0 Å². The molecule has 2 N–H and O–H groups in total. The third-order valence-electron chi connectivity index (χ3n) is 3.04. The van der Waals surface area contributed by atoms with Gasteiger partial charge in [0.25, 0.3) is 0 Å². The lowest BCUT2D eigenvalue weighted by molar-refractivity contribution is 0.183. The van der Waals surface area contributed by atoms with Crippen molar-refractivity contribution in [1.82, 2.24) is 4.90 Å². The third kappa shape index (κ3) is 4.77. The number of halogens is 2. The number of nitrogens with zero attached hydrogens (tertiary/aromatic N) is 1. The van der Waals surface area contributed by atoms with Crippen LogP contribution < -0.4 is 5.73 Å². The summed E-state index contributed by atoms with van der Waals surface area (Å²) in [4.78, 5) is 2.37. The average Bonchev–Trinajstić information content (AvgIpc) is 2.33. The quantitative estimate of drug-likeness (QED) is 0.863. The van der Waals surface area contributed by atoms with Crippen molar-refractivity contribution in [2.75, 3.05) is 19.6 Å². The summed E-state index contributed by atoms with van der Waals surface area (Å²) >= 11 is 11.9. The fourth-order valence-electron chi connectivity index (χ4n) is 1.85. The molecule has 0 aliphatic rings. The van der Waals surface area contributed by atoms with Gasteiger partial charge >= 0.3 is 0 Å². The minimum Gasteiger partial charge on any atom is -0.330 e. The zero-order valence-electron chi connectivity index (χ0n) is 11.3. The van der Waals surface area contributed by atoms with E-state index in [1.807, 2.05) is 18.2 Å². The van der Waals surface area contributed by atoms with Gasteiger partial charge in [-0.3, -0.25) is 4.90 Å². The fraction of sp³-hybridized carbons (Fsp3) is 0.571. The summed E-state index contributed by atoms with van der Waals surface area (Å²) in [6, 6.07) is 5.80. The maximum Gasteiger partial charge on any atom is 0.0595 e. The number of rotatable bonds is 6. The molecule has 1 aromatic carbocycles. The first-order valence-electron chi connectivity index (χ1n) is 6.24. The monoisotopic (exact) mass is 288 g/mol. The summed E-state index contributed by atoms with van der Waals surface area (Å²) in [5.74, 6) is 0. The van der Waals surface area contributed by atoms with Crippen LogP contribution in [0.3, 0.4) is 0 Å². The van der Waals surface area contributed by atoms with Crippen LogP contribution in [0.15, 0.2) is 18.2 Å². The first-order chi connectivity index (χ1) is 8.38. The first-order valence-corrected chi connectivity index (χ1v) is 7.00. The lowest BCUT2D eigenvalue weighted by Gasteiger charge is -2.31. The Labute approximate surface area is 120 Å². The standard InChI is InChI=1S/C14H22Cl2N2/c1-4-18(10-14(2,3)9-17)8-11-5-6-12(15)13(16)7-11/h5-7H,4,8-10,17H2,1-3H3. The van der Waals surface area contributed by atoms with Gasteiger partial charge in [-0.1, -0.05) is 50.0 Å². The molecule has 1 rings (SSSR count). The van der Waals surface area contributed by atoms with Crippen molar-refractivity contribution in [3.63, 3.8) is 0 Å². The van der Waals surface area contributed by atoms with Gasteiger partial charge in [-0.2, -0.15) is 0 Å². The topological polar surface area (TPSA) is 29.3 Å². The van der Waals surface area contributed by atoms with E-state index in [0.29, 0.717) is 16.6 Å². The molecule has 0 amide bonds. The molecule has 0 bridgehead atoms. The smallest absolute Gasteiger partial charge is 0.0595 e. The first kappa shape index (κ1) is 15.8. The molecular weight excluding hydrogens is 267 g/mol. The maximum atomic E-state index is 6.03. The third-order valence-corrected chi connectivity index (χ3v) is 3.78. The lowest BCUT2D eigenvalue weighted by atomic mass is 9.93. The second kappa shape index (κ2) is 6.76. The summed E-state index contributed by atoms with van der Waals surface area (Å²) in [6.45, 7) is 10.0. The van der Waals surface area contributed by atoms with Gasteiger partial charge in [0.2, 0.25) is 0 Å². The summed E-state index contributed by atoms with van der Waals surface area (Å²) in [5.41, 5.74) is 7.09. The van der Waals surface area contributed by atoms with E-state index in [1.54, 1.807) is 0 Å². The van der Waals surface area contributed by atoms with Crippen molar-refractivity contribution in [1.29, 1.82) is 0 Å². The average molecular weight is 289 g/mol. The number of hydrogen-bond acceptors (Lipinski definition) is 2. The molecule has 0 saturated carbocycles. The maximum absolute atomic E-state index is 6.03. The Morgan fingerprint density at radius 1 is 1.22 bits per heavy atom. The summed E-state index contributed by atoms with van der Waals surface area (Å²) in [7, 11) is 0. The van der Waals surface area contributed by atoms with Crippen molar-refractivity contribution in [2.45, 2.75) is 27.3 Å². The van der Waals surface area contributed by atoms with Gasteiger partial charge in [0, 0.05) is 13.1 Å². The number of nitrogens with two attached hydrogens (primary N) is 1. The highest BCUT2D eigenvalue weighted by Gasteiger charge is 2.19. The van der Waals surface area contributed by atoms with Crippen LogP contribution in [-0.2, 0) is 6.54 Å². The molecule has 1 aromatic rings. The van der Waals surface area contributed by atoms with Crippen molar-refractivity contribution < 1.29 is 0 Å². The minimum absolute atomic E-state index is 0.131. The Hall–Kier alpha value is -0.280. The molecular formula is C14H22Cl2N2. The van der Waals surface area contributed by atoms with E-state index in [-0.39, 0.29) is 5.41 Å². The van der Waals surface area contributed by atoms with E-state index in [0.717, 1.165) is 19.6 Å². The van der Waals surface area contributed by atoms with Gasteiger partial charge in [-0.15, -0.1) is 0 Å². The molecule has 0 saturated heterocycles. The second-order valence-corrected chi connectivity index (χ2v) is 6.23. The van der Waals surface area contributed by atoms with E-state index in [1.165, 1.54) is 5.56 Å². The second-order valence-electron chi connectivity index (χ2n) is 5.42. The minimum atomic E-state index is 0.131. The van der Waals surface area contributed by atoms with Gasteiger partial charge < -0.3 is 5.73 Å². The van der Waals surface area contributed by atoms with Gasteiger partial charge in [0.05, 0.1) is 10.0 Å². The van der Waals surface area contributed by atoms with Crippen LogP contribution in [-0.4, -0.2) is 24.5 Å². The molecule has 0 fully saturated rings. The highest BCUT2D eigenvalue weighted by atomic mass is 35.5. The van der Waals surface area contributed by atoms with E-state index in [2.05, 4.69) is 25.7 Å². The number of benzene rings is 1. The normalized spacial score (nSPS) is 12.2. The largest absolute Gasteiger partial charge is 0.330 e. The molecule has 0 radical (unpaired) electrons. The van der Waals surface area contributed by atoms with Crippen LogP contribution in [0.1, 0.15) is 26.3 Å². The molecule has 2 nitrogen and oxygen atoms in total. The molecule has 0 unspecified atom stereocenters. The molecule has 0 spiro atoms. The van der Waals surface area contributed by atoms with E-state index in [4.69, 9.17) is 28.9 Å². The van der Waals surface area contributed by atoms with Crippen molar-refractivity contribution in [2.24, 2.45) is 11.1 Å². The molecule has 0 heterocycles. The van der Waals surface area contributed by atoms with E-state index < -0.39 is 0 Å². The van der Waals surface area contributed by atoms with Crippen molar-refractivity contribution in [3.05, 3.63) is 33.8 Å². The predicted octanol–water partition coefficient (Wildman–Crippen LogP) is 3.80. The van der Waals surface area contributed by atoms with Gasteiger partial charge in [0.1, 0.15) is 0 Å². The highest BCUT2D eigenvalue weighted by molar-refractivity contribution is 6.42. The molecule has 0 atom stereocenters. The predicted molar refractivity (Wildman–Crippen MR) is 80.2 cm³/mol. The highest BCUT2D eigenvalue weighted by Crippen LogP contribution is 2.24. The Morgan fingerprint density at radius 3 is 2.39 bits per heavy atom. The van der Waals surface area contributed by atoms with Crippen LogP contribution in [0.5, 0.6) is 0 Å². The molecule has 18 heavy (non-hydrogen) atoms. The van der Waals surface area contributed by atoms with Crippen LogP contribution in [0, 0.1) is 5.41 Å². The zero-order chi connectivity index (χ0) is 13.8. The molecule has 4 heteroatoms. The van der Waals surface area contributed by atoms with Crippen LogP contribution in [0.2, 0.25) is 10.0 Å². The van der Waals surface area contributed by atoms with Gasteiger partial charge in [-0.05, 0) is 36.2 Å². The SMILES string of the molecule is CCN(Cc1ccc(Cl)c(Cl)c1)CC(C)(C)CN. The van der Waals surface area contributed by atoms with E-state index in [9.17, 15) is 0 Å². The van der Waals surface area contributed by atoms with Crippen molar-refractivity contribution in [3.8, 4) is 0 Å². The molecule has 0 aromatic heterocycles. The lowest BCUT2D eigenvalue weighted by Crippen LogP contribution is -2.38. The Balaban J connectivity index is 2.71. The summed E-state index contributed by atoms with van der Waals surface area (Å²) in [6.07, 6.45) is 0. The Bertz CT molecular complexity index is 391. The zero-order valence-corrected chi connectivity index (χ0v) is 12.9. The van der Waals surface area contributed by atoms with Gasteiger partial charge in [0.15, 0.2) is 0 Å². The fourth-order valence-corrected chi connectivity index (χ4v) is 2.17. The Kier molecular flexibility index (Phi) is 5.93. The molecule has 102 valence electrons. The van der Waals surface area contributed by atoms with Crippen LogP contribution in [0.4, 0.5) is 0 Å². The van der Waals surface area contributed by atoms with E-state index >= 15 is 0 Å². The summed E-state index contributed by atoms with van der Waals surface area (Å²) in [5, 5.41) is 1.22. The molecule has 0 aliphatic heterocycles. The number of hydrogen-bond donors (Lipinski definition) is 1. The van der Waals surface area contributed by atoms with Crippen molar-refractivity contribution >= 4 is 23.2 Å². The van der Waals surface area contributed by atoms with Crippen LogP contribution >= 0.6 is 23.2 Å². The molecule has 0 aliphatic carbocycles. The van der Waals surface area contributed by atoms with Crippen LogP contribution in [0.25, 0.3) is 0 Å².